The first-order valence-corrected chi connectivity index (χ1v) is 7.48. The number of nitrogens with zero attached hydrogens (tertiary/aromatic N) is 1. The van der Waals surface area contributed by atoms with Crippen molar-refractivity contribution in [3.05, 3.63) is 33.9 Å². The summed E-state index contributed by atoms with van der Waals surface area (Å²) in [7, 11) is 0. The van der Waals surface area contributed by atoms with Crippen molar-refractivity contribution < 1.29 is 5.11 Å². The monoisotopic (exact) mass is 261 g/mol. The summed E-state index contributed by atoms with van der Waals surface area (Å²) in [6, 6.07) is 2.22. The third-order valence-corrected chi connectivity index (χ3v) is 4.67. The molecule has 0 radical (unpaired) electrons. The lowest BCUT2D eigenvalue weighted by atomic mass is 9.90. The van der Waals surface area contributed by atoms with E-state index in [1.54, 1.807) is 0 Å². The van der Waals surface area contributed by atoms with Gasteiger partial charge in [-0.3, -0.25) is 0 Å². The highest BCUT2D eigenvalue weighted by Gasteiger charge is 2.18. The van der Waals surface area contributed by atoms with Gasteiger partial charge in [0, 0.05) is 6.54 Å². The molecule has 0 aromatic heterocycles. The van der Waals surface area contributed by atoms with Crippen LogP contribution in [0.5, 0.6) is 0 Å². The first-order chi connectivity index (χ1) is 9.00. The van der Waals surface area contributed by atoms with Gasteiger partial charge in [0.05, 0.1) is 6.10 Å². The Morgan fingerprint density at radius 1 is 1.05 bits per heavy atom. The molecule has 0 bridgehead atoms. The van der Waals surface area contributed by atoms with E-state index in [2.05, 4.69) is 38.7 Å². The van der Waals surface area contributed by atoms with Crippen LogP contribution in [0.3, 0.4) is 0 Å². The predicted molar refractivity (Wildman–Crippen MR) is 80.6 cm³/mol. The van der Waals surface area contributed by atoms with E-state index in [-0.39, 0.29) is 6.10 Å². The quantitative estimate of drug-likeness (QED) is 0.897. The van der Waals surface area contributed by atoms with Crippen LogP contribution in [-0.4, -0.2) is 29.6 Å². The fraction of sp³-hybridized carbons (Fsp3) is 0.647. The maximum atomic E-state index is 10.6. The number of aliphatic hydroxyl groups is 1. The summed E-state index contributed by atoms with van der Waals surface area (Å²) >= 11 is 0. The largest absolute Gasteiger partial charge is 0.388 e. The highest BCUT2D eigenvalue weighted by atomic mass is 16.3. The molecule has 1 heterocycles. The van der Waals surface area contributed by atoms with Crippen molar-refractivity contribution in [2.75, 3.05) is 19.6 Å². The van der Waals surface area contributed by atoms with Gasteiger partial charge in [-0.2, -0.15) is 0 Å². The number of aryl methyl sites for hydroxylation is 2. The molecular formula is C17H27NO. The van der Waals surface area contributed by atoms with Crippen molar-refractivity contribution in [2.24, 2.45) is 0 Å². The molecule has 1 N–H and O–H groups in total. The SMILES string of the molecule is Cc1cc(C)c(C)c(C(O)CCN2CCCC2)c1C. The number of hydrogen-bond acceptors (Lipinski definition) is 2. The maximum absolute atomic E-state index is 10.6. The normalized spacial score (nSPS) is 17.9. The molecule has 0 amide bonds. The summed E-state index contributed by atoms with van der Waals surface area (Å²) in [6.07, 6.45) is 3.17. The summed E-state index contributed by atoms with van der Waals surface area (Å²) in [5, 5.41) is 10.6. The van der Waals surface area contributed by atoms with Crippen LogP contribution in [-0.2, 0) is 0 Å². The molecule has 1 fully saturated rings. The molecule has 1 aliphatic rings. The maximum Gasteiger partial charge on any atom is 0.0807 e. The molecule has 2 nitrogen and oxygen atoms in total. The number of aliphatic hydroxyl groups excluding tert-OH is 1. The summed E-state index contributed by atoms with van der Waals surface area (Å²) in [5.41, 5.74) is 6.27. The molecule has 19 heavy (non-hydrogen) atoms. The highest BCUT2D eigenvalue weighted by molar-refractivity contribution is 5.45. The van der Waals surface area contributed by atoms with Gasteiger partial charge in [-0.25, -0.2) is 0 Å². The third-order valence-electron chi connectivity index (χ3n) is 4.67. The van der Waals surface area contributed by atoms with Crippen molar-refractivity contribution in [1.82, 2.24) is 4.90 Å². The van der Waals surface area contributed by atoms with Gasteiger partial charge < -0.3 is 10.0 Å². The van der Waals surface area contributed by atoms with Crippen LogP contribution in [0.4, 0.5) is 0 Å². The van der Waals surface area contributed by atoms with Crippen molar-refractivity contribution in [1.29, 1.82) is 0 Å². The van der Waals surface area contributed by atoms with Gasteiger partial charge in [0.25, 0.3) is 0 Å². The summed E-state index contributed by atoms with van der Waals surface area (Å²) in [4.78, 5) is 2.47. The highest BCUT2D eigenvalue weighted by Crippen LogP contribution is 2.29. The zero-order valence-electron chi connectivity index (χ0n) is 12.8. The van der Waals surface area contributed by atoms with Crippen LogP contribution < -0.4 is 0 Å². The molecule has 1 saturated heterocycles. The van der Waals surface area contributed by atoms with Crippen molar-refractivity contribution in [3.8, 4) is 0 Å². The van der Waals surface area contributed by atoms with E-state index >= 15 is 0 Å². The summed E-state index contributed by atoms with van der Waals surface area (Å²) in [5.74, 6) is 0. The van der Waals surface area contributed by atoms with Gasteiger partial charge in [0.2, 0.25) is 0 Å². The average molecular weight is 261 g/mol. The van der Waals surface area contributed by atoms with Crippen LogP contribution in [0.25, 0.3) is 0 Å². The smallest absolute Gasteiger partial charge is 0.0807 e. The van der Waals surface area contributed by atoms with Gasteiger partial charge in [-0.15, -0.1) is 0 Å². The summed E-state index contributed by atoms with van der Waals surface area (Å²) in [6.45, 7) is 12.0. The Labute approximate surface area is 117 Å². The first-order valence-electron chi connectivity index (χ1n) is 7.48. The average Bonchev–Trinajstić information content (AvgIpc) is 2.87. The number of hydrogen-bond donors (Lipinski definition) is 1. The zero-order valence-corrected chi connectivity index (χ0v) is 12.8. The Kier molecular flexibility index (Phi) is 4.64. The number of rotatable bonds is 4. The standard InChI is InChI=1S/C17H27NO/c1-12-11-13(2)15(4)17(14(12)3)16(19)7-10-18-8-5-6-9-18/h11,16,19H,5-10H2,1-4H3. The van der Waals surface area contributed by atoms with Crippen LogP contribution in [0.15, 0.2) is 6.07 Å². The molecule has 1 atom stereocenters. The van der Waals surface area contributed by atoms with Crippen molar-refractivity contribution in [3.63, 3.8) is 0 Å². The van der Waals surface area contributed by atoms with Gasteiger partial charge in [-0.1, -0.05) is 6.07 Å². The second kappa shape index (κ2) is 6.06. The van der Waals surface area contributed by atoms with Gasteiger partial charge in [-0.05, 0) is 87.9 Å². The molecule has 1 aromatic carbocycles. The molecule has 2 rings (SSSR count). The van der Waals surface area contributed by atoms with Crippen LogP contribution in [0.1, 0.15) is 53.2 Å². The third kappa shape index (κ3) is 3.18. The molecular weight excluding hydrogens is 234 g/mol. The lowest BCUT2D eigenvalue weighted by Crippen LogP contribution is -2.22. The van der Waals surface area contributed by atoms with E-state index in [1.807, 2.05) is 0 Å². The minimum atomic E-state index is -0.320. The first kappa shape index (κ1) is 14.5. The van der Waals surface area contributed by atoms with E-state index < -0.39 is 0 Å². The number of likely N-dealkylation sites (tertiary alicyclic amines) is 1. The Bertz CT molecular complexity index is 421. The second-order valence-electron chi connectivity index (χ2n) is 6.03. The Morgan fingerprint density at radius 3 is 2.11 bits per heavy atom. The molecule has 1 unspecified atom stereocenters. The number of benzene rings is 1. The minimum absolute atomic E-state index is 0.320. The minimum Gasteiger partial charge on any atom is -0.388 e. The molecule has 2 heteroatoms. The Balaban J connectivity index is 2.11. The van der Waals surface area contributed by atoms with Crippen molar-refractivity contribution in [2.45, 2.75) is 53.1 Å². The molecule has 0 saturated carbocycles. The lowest BCUT2D eigenvalue weighted by molar-refractivity contribution is 0.147. The summed E-state index contributed by atoms with van der Waals surface area (Å²) < 4.78 is 0. The predicted octanol–water partition coefficient (Wildman–Crippen LogP) is 3.44. The molecule has 1 aliphatic heterocycles. The van der Waals surface area contributed by atoms with E-state index in [1.165, 1.54) is 48.2 Å². The van der Waals surface area contributed by atoms with E-state index in [0.29, 0.717) is 0 Å². The lowest BCUT2D eigenvalue weighted by Gasteiger charge is -2.22. The van der Waals surface area contributed by atoms with Gasteiger partial charge >= 0.3 is 0 Å². The van der Waals surface area contributed by atoms with E-state index in [4.69, 9.17) is 0 Å². The van der Waals surface area contributed by atoms with Gasteiger partial charge in [0.15, 0.2) is 0 Å². The van der Waals surface area contributed by atoms with Crippen LogP contribution in [0, 0.1) is 27.7 Å². The fourth-order valence-electron chi connectivity index (χ4n) is 3.20. The van der Waals surface area contributed by atoms with Crippen LogP contribution >= 0.6 is 0 Å². The van der Waals surface area contributed by atoms with Crippen molar-refractivity contribution >= 4 is 0 Å². The Morgan fingerprint density at radius 2 is 1.58 bits per heavy atom. The van der Waals surface area contributed by atoms with Crippen LogP contribution in [0.2, 0.25) is 0 Å². The second-order valence-corrected chi connectivity index (χ2v) is 6.03. The zero-order chi connectivity index (χ0) is 14.0. The van der Waals surface area contributed by atoms with E-state index in [0.717, 1.165) is 18.5 Å². The fourth-order valence-corrected chi connectivity index (χ4v) is 3.20. The Hall–Kier alpha value is -0.860. The van der Waals surface area contributed by atoms with Gasteiger partial charge in [0.1, 0.15) is 0 Å². The topological polar surface area (TPSA) is 23.5 Å². The molecule has 1 aromatic rings. The molecule has 106 valence electrons. The van der Waals surface area contributed by atoms with E-state index in [9.17, 15) is 5.11 Å². The molecule has 0 aliphatic carbocycles. The molecule has 0 spiro atoms.